The number of halogens is 2. The fourth-order valence-corrected chi connectivity index (χ4v) is 3.40. The Hall–Kier alpha value is -1.87. The molecule has 0 spiro atoms. The third kappa shape index (κ3) is 3.96. The summed E-state index contributed by atoms with van der Waals surface area (Å²) in [4.78, 5) is 12.2. The smallest absolute Gasteiger partial charge is 0.225 e. The SMILES string of the molecule is C[C@H](NC(=O)Cc1ccc(Cl)cc1F)c1ccc2c(c1)CCCC2. The van der Waals surface area contributed by atoms with Crippen molar-refractivity contribution in [2.45, 2.75) is 45.1 Å². The van der Waals surface area contributed by atoms with Gasteiger partial charge in [-0.1, -0.05) is 35.9 Å². The highest BCUT2D eigenvalue weighted by Gasteiger charge is 2.15. The predicted octanol–water partition coefficient (Wildman–Crippen LogP) is 4.78. The quantitative estimate of drug-likeness (QED) is 0.849. The van der Waals surface area contributed by atoms with Gasteiger partial charge in [0.25, 0.3) is 0 Å². The minimum atomic E-state index is -0.445. The van der Waals surface area contributed by atoms with Crippen LogP contribution in [0.5, 0.6) is 0 Å². The molecule has 1 atom stereocenters. The van der Waals surface area contributed by atoms with Gasteiger partial charge in [0.15, 0.2) is 0 Å². The molecule has 0 fully saturated rings. The van der Waals surface area contributed by atoms with Crippen LogP contribution >= 0.6 is 11.6 Å². The molecular weight excluding hydrogens is 325 g/mol. The summed E-state index contributed by atoms with van der Waals surface area (Å²) in [5, 5.41) is 3.29. The van der Waals surface area contributed by atoms with E-state index < -0.39 is 5.82 Å². The van der Waals surface area contributed by atoms with Gasteiger partial charge in [0, 0.05) is 5.02 Å². The standard InChI is InChI=1S/C20H21ClFNO/c1-13(15-7-6-14-4-2-3-5-16(14)10-15)23-20(24)11-17-8-9-18(21)12-19(17)22/h6-10,12-13H,2-5,11H2,1H3,(H,23,24)/t13-/m0/s1. The summed E-state index contributed by atoms with van der Waals surface area (Å²) in [6.45, 7) is 1.96. The van der Waals surface area contributed by atoms with Crippen LogP contribution < -0.4 is 5.32 Å². The van der Waals surface area contributed by atoms with E-state index in [9.17, 15) is 9.18 Å². The number of nitrogens with one attached hydrogen (secondary N) is 1. The van der Waals surface area contributed by atoms with Gasteiger partial charge in [0.05, 0.1) is 12.5 Å². The molecule has 1 N–H and O–H groups in total. The molecule has 0 bridgehead atoms. The van der Waals surface area contributed by atoms with E-state index in [1.165, 1.54) is 30.0 Å². The third-order valence-electron chi connectivity index (χ3n) is 4.62. The second kappa shape index (κ2) is 7.35. The highest BCUT2D eigenvalue weighted by molar-refractivity contribution is 6.30. The molecule has 2 aromatic carbocycles. The van der Waals surface area contributed by atoms with Gasteiger partial charge in [-0.05, 0) is 67.0 Å². The molecule has 2 aromatic rings. The normalized spacial score (nSPS) is 14.8. The highest BCUT2D eigenvalue weighted by Crippen LogP contribution is 2.25. The summed E-state index contributed by atoms with van der Waals surface area (Å²) in [5.74, 6) is -0.638. The molecule has 3 rings (SSSR count). The molecule has 4 heteroatoms. The zero-order valence-electron chi connectivity index (χ0n) is 13.7. The fraction of sp³-hybridized carbons (Fsp3) is 0.350. The Bertz CT molecular complexity index is 759. The lowest BCUT2D eigenvalue weighted by Gasteiger charge is -2.20. The van der Waals surface area contributed by atoms with Crippen LogP contribution in [0, 0.1) is 5.82 Å². The number of rotatable bonds is 4. The van der Waals surface area contributed by atoms with Gasteiger partial charge in [-0.25, -0.2) is 4.39 Å². The summed E-state index contributed by atoms with van der Waals surface area (Å²) in [6, 6.07) is 10.7. The number of carbonyl (C=O) groups is 1. The molecule has 0 heterocycles. The summed E-state index contributed by atoms with van der Waals surface area (Å²) in [7, 11) is 0. The summed E-state index contributed by atoms with van der Waals surface area (Å²) in [5.41, 5.74) is 4.27. The van der Waals surface area contributed by atoms with Crippen LogP contribution in [0.4, 0.5) is 4.39 Å². The van der Waals surface area contributed by atoms with Gasteiger partial charge in [-0.2, -0.15) is 0 Å². The van der Waals surface area contributed by atoms with Crippen molar-refractivity contribution >= 4 is 17.5 Å². The van der Waals surface area contributed by atoms with E-state index in [-0.39, 0.29) is 18.4 Å². The van der Waals surface area contributed by atoms with Crippen molar-refractivity contribution in [2.75, 3.05) is 0 Å². The molecule has 0 radical (unpaired) electrons. The van der Waals surface area contributed by atoms with Gasteiger partial charge < -0.3 is 5.32 Å². The summed E-state index contributed by atoms with van der Waals surface area (Å²) >= 11 is 5.74. The Balaban J connectivity index is 1.65. The Morgan fingerprint density at radius 2 is 1.92 bits per heavy atom. The molecule has 0 aromatic heterocycles. The van der Waals surface area contributed by atoms with Gasteiger partial charge in [0.2, 0.25) is 5.91 Å². The van der Waals surface area contributed by atoms with Crippen molar-refractivity contribution in [3.8, 4) is 0 Å². The van der Waals surface area contributed by atoms with Crippen molar-refractivity contribution in [1.29, 1.82) is 0 Å². The van der Waals surface area contributed by atoms with E-state index in [0.717, 1.165) is 18.4 Å². The van der Waals surface area contributed by atoms with E-state index in [2.05, 4.69) is 23.5 Å². The molecule has 1 amide bonds. The van der Waals surface area contributed by atoms with E-state index >= 15 is 0 Å². The zero-order chi connectivity index (χ0) is 17.1. The second-order valence-electron chi connectivity index (χ2n) is 6.44. The summed E-state index contributed by atoms with van der Waals surface area (Å²) < 4.78 is 13.8. The van der Waals surface area contributed by atoms with E-state index in [4.69, 9.17) is 11.6 Å². The molecule has 24 heavy (non-hydrogen) atoms. The fourth-order valence-electron chi connectivity index (χ4n) is 3.24. The van der Waals surface area contributed by atoms with Crippen LogP contribution in [0.15, 0.2) is 36.4 Å². The minimum Gasteiger partial charge on any atom is -0.349 e. The molecule has 2 nitrogen and oxygen atoms in total. The molecule has 126 valence electrons. The molecule has 0 saturated heterocycles. The highest BCUT2D eigenvalue weighted by atomic mass is 35.5. The average Bonchev–Trinajstić information content (AvgIpc) is 2.57. The Morgan fingerprint density at radius 3 is 2.67 bits per heavy atom. The molecule has 1 aliphatic rings. The largest absolute Gasteiger partial charge is 0.349 e. The zero-order valence-corrected chi connectivity index (χ0v) is 14.5. The average molecular weight is 346 g/mol. The number of hydrogen-bond donors (Lipinski definition) is 1. The Kier molecular flexibility index (Phi) is 5.20. The number of hydrogen-bond acceptors (Lipinski definition) is 1. The number of fused-ring (bicyclic) bond motifs is 1. The first-order chi connectivity index (χ1) is 11.5. The molecule has 0 unspecified atom stereocenters. The lowest BCUT2D eigenvalue weighted by molar-refractivity contribution is -0.121. The van der Waals surface area contributed by atoms with Gasteiger partial charge >= 0.3 is 0 Å². The number of carbonyl (C=O) groups excluding carboxylic acids is 1. The first kappa shape index (κ1) is 17.0. The van der Waals surface area contributed by atoms with Crippen LogP contribution in [-0.2, 0) is 24.1 Å². The lowest BCUT2D eigenvalue weighted by atomic mass is 9.89. The van der Waals surface area contributed by atoms with Gasteiger partial charge in [-0.3, -0.25) is 4.79 Å². The minimum absolute atomic E-state index is 0.0122. The molecular formula is C20H21ClFNO. The van der Waals surface area contributed by atoms with Crippen molar-refractivity contribution in [3.05, 3.63) is 69.5 Å². The van der Waals surface area contributed by atoms with E-state index in [1.54, 1.807) is 12.1 Å². The first-order valence-electron chi connectivity index (χ1n) is 8.38. The van der Waals surface area contributed by atoms with Crippen LogP contribution in [0.2, 0.25) is 5.02 Å². The van der Waals surface area contributed by atoms with Crippen molar-refractivity contribution in [1.82, 2.24) is 5.32 Å². The van der Waals surface area contributed by atoms with Gasteiger partial charge in [-0.15, -0.1) is 0 Å². The van der Waals surface area contributed by atoms with Crippen molar-refractivity contribution in [2.24, 2.45) is 0 Å². The summed E-state index contributed by atoms with van der Waals surface area (Å²) in [6.07, 6.45) is 4.75. The van der Waals surface area contributed by atoms with E-state index in [0.29, 0.717) is 10.6 Å². The monoisotopic (exact) mass is 345 g/mol. The molecule has 0 saturated carbocycles. The molecule has 1 aliphatic carbocycles. The van der Waals surface area contributed by atoms with Gasteiger partial charge in [0.1, 0.15) is 5.82 Å². The number of amides is 1. The predicted molar refractivity (Wildman–Crippen MR) is 94.8 cm³/mol. The Morgan fingerprint density at radius 1 is 1.17 bits per heavy atom. The van der Waals surface area contributed by atoms with Crippen LogP contribution in [0.3, 0.4) is 0 Å². The third-order valence-corrected chi connectivity index (χ3v) is 4.85. The number of benzene rings is 2. The van der Waals surface area contributed by atoms with E-state index in [1.807, 2.05) is 6.92 Å². The second-order valence-corrected chi connectivity index (χ2v) is 6.87. The Labute approximate surface area is 147 Å². The molecule has 0 aliphatic heterocycles. The topological polar surface area (TPSA) is 29.1 Å². The maximum atomic E-state index is 13.8. The first-order valence-corrected chi connectivity index (χ1v) is 8.76. The number of aryl methyl sites for hydroxylation is 2. The van der Waals surface area contributed by atoms with Crippen LogP contribution in [-0.4, -0.2) is 5.91 Å². The maximum absolute atomic E-state index is 13.8. The van der Waals surface area contributed by atoms with Crippen LogP contribution in [0.1, 0.15) is 48.1 Å². The van der Waals surface area contributed by atoms with Crippen LogP contribution in [0.25, 0.3) is 0 Å². The van der Waals surface area contributed by atoms with Crippen molar-refractivity contribution in [3.63, 3.8) is 0 Å². The maximum Gasteiger partial charge on any atom is 0.225 e. The van der Waals surface area contributed by atoms with Crippen molar-refractivity contribution < 1.29 is 9.18 Å². The lowest BCUT2D eigenvalue weighted by Crippen LogP contribution is -2.28.